The van der Waals surface area contributed by atoms with Crippen LogP contribution in [0.3, 0.4) is 0 Å². The maximum Gasteiger partial charge on any atom is 0.334 e. The Balaban J connectivity index is 2.06. The monoisotopic (exact) mass is 264 g/mol. The number of hydrogen-bond acceptors (Lipinski definition) is 4. The highest BCUT2D eigenvalue weighted by Crippen LogP contribution is 2.57. The molecule has 6 atom stereocenters. The molecule has 4 nitrogen and oxygen atoms in total. The molecule has 2 saturated carbocycles. The van der Waals surface area contributed by atoms with Crippen molar-refractivity contribution in [3.05, 3.63) is 24.3 Å². The van der Waals surface area contributed by atoms with Crippen molar-refractivity contribution in [2.75, 3.05) is 0 Å². The van der Waals surface area contributed by atoms with Gasteiger partial charge in [0.2, 0.25) is 0 Å². The molecule has 3 fully saturated rings. The van der Waals surface area contributed by atoms with Gasteiger partial charge in [0.05, 0.1) is 12.2 Å². The van der Waals surface area contributed by atoms with Crippen molar-refractivity contribution in [3.63, 3.8) is 0 Å². The van der Waals surface area contributed by atoms with E-state index in [2.05, 4.69) is 13.2 Å². The van der Waals surface area contributed by atoms with Gasteiger partial charge in [-0.1, -0.05) is 25.7 Å². The van der Waals surface area contributed by atoms with Crippen LogP contribution < -0.4 is 0 Å². The van der Waals surface area contributed by atoms with Gasteiger partial charge < -0.3 is 14.9 Å². The van der Waals surface area contributed by atoms with Gasteiger partial charge in [0.15, 0.2) is 0 Å². The summed E-state index contributed by atoms with van der Waals surface area (Å²) in [5.41, 5.74) is 0.726. The van der Waals surface area contributed by atoms with E-state index in [1.54, 1.807) is 0 Å². The van der Waals surface area contributed by atoms with Crippen LogP contribution in [0.5, 0.6) is 0 Å². The standard InChI is InChI=1S/C15H20O4/c1-7-4-5-10(16)15(3)11(17)6-9-8(2)14(18)19-13(9)12(7)15/h9-13,16-17H,1-2,4-6H2,3H3/t9-,10+,11+,12+,13-,15+/m0/s1. The van der Waals surface area contributed by atoms with Crippen molar-refractivity contribution < 1.29 is 19.7 Å². The summed E-state index contributed by atoms with van der Waals surface area (Å²) in [5, 5.41) is 20.8. The summed E-state index contributed by atoms with van der Waals surface area (Å²) in [6.45, 7) is 9.74. The molecule has 0 bridgehead atoms. The Labute approximate surface area is 112 Å². The van der Waals surface area contributed by atoms with Gasteiger partial charge in [-0.3, -0.25) is 0 Å². The summed E-state index contributed by atoms with van der Waals surface area (Å²) < 4.78 is 5.46. The predicted octanol–water partition coefficient (Wildman–Crippen LogP) is 1.18. The van der Waals surface area contributed by atoms with Gasteiger partial charge in [0.25, 0.3) is 0 Å². The highest BCUT2D eigenvalue weighted by Gasteiger charge is 2.61. The normalized spacial score (nSPS) is 49.6. The van der Waals surface area contributed by atoms with Crippen LogP contribution in [0.4, 0.5) is 0 Å². The first-order valence-electron chi connectivity index (χ1n) is 6.81. The Morgan fingerprint density at radius 1 is 1.32 bits per heavy atom. The minimum Gasteiger partial charge on any atom is -0.458 e. The second-order valence-electron chi connectivity index (χ2n) is 6.31. The molecule has 104 valence electrons. The SMILES string of the molecule is C=C1CC[C@@H](O)[C@]2(C)[C@H](O)C[C@H]3C(=C)C(=O)O[C@@H]3[C@@H]12. The Bertz CT molecular complexity index is 469. The molecule has 3 rings (SSSR count). The quantitative estimate of drug-likeness (QED) is 0.392. The molecule has 0 aromatic heterocycles. The lowest BCUT2D eigenvalue weighted by molar-refractivity contribution is -0.175. The highest BCUT2D eigenvalue weighted by molar-refractivity contribution is 5.91. The maximum absolute atomic E-state index is 11.7. The number of aliphatic hydroxyl groups excluding tert-OH is 2. The highest BCUT2D eigenvalue weighted by atomic mass is 16.6. The Hall–Kier alpha value is -1.13. The molecule has 0 unspecified atom stereocenters. The van der Waals surface area contributed by atoms with Crippen molar-refractivity contribution in [2.24, 2.45) is 17.3 Å². The second kappa shape index (κ2) is 3.93. The van der Waals surface area contributed by atoms with Crippen LogP contribution in [0.2, 0.25) is 0 Å². The van der Waals surface area contributed by atoms with Crippen LogP contribution in [0.15, 0.2) is 24.3 Å². The maximum atomic E-state index is 11.7. The zero-order valence-electron chi connectivity index (χ0n) is 11.1. The number of ether oxygens (including phenoxy) is 1. The number of carbonyl (C=O) groups excluding carboxylic acids is 1. The Morgan fingerprint density at radius 2 is 2.00 bits per heavy atom. The molecule has 3 aliphatic rings. The van der Waals surface area contributed by atoms with E-state index >= 15 is 0 Å². The van der Waals surface area contributed by atoms with Crippen molar-refractivity contribution in [1.29, 1.82) is 0 Å². The molecular formula is C15H20O4. The van der Waals surface area contributed by atoms with Crippen LogP contribution in [0.1, 0.15) is 26.2 Å². The van der Waals surface area contributed by atoms with E-state index < -0.39 is 17.6 Å². The Morgan fingerprint density at radius 3 is 2.68 bits per heavy atom. The number of fused-ring (bicyclic) bond motifs is 3. The van der Waals surface area contributed by atoms with Crippen LogP contribution in [0, 0.1) is 17.3 Å². The molecule has 0 amide bonds. The third-order valence-corrected chi connectivity index (χ3v) is 5.44. The lowest BCUT2D eigenvalue weighted by Crippen LogP contribution is -2.60. The van der Waals surface area contributed by atoms with Gasteiger partial charge in [-0.2, -0.15) is 0 Å². The molecule has 1 heterocycles. The van der Waals surface area contributed by atoms with E-state index in [1.807, 2.05) is 6.92 Å². The van der Waals surface area contributed by atoms with Gasteiger partial charge in [0, 0.05) is 22.8 Å². The molecular weight excluding hydrogens is 244 g/mol. The summed E-state index contributed by atoms with van der Waals surface area (Å²) in [6, 6.07) is 0. The first kappa shape index (κ1) is 12.9. The Kier molecular flexibility index (Phi) is 2.67. The van der Waals surface area contributed by atoms with E-state index in [0.717, 1.165) is 5.57 Å². The molecule has 1 saturated heterocycles. The second-order valence-corrected chi connectivity index (χ2v) is 6.31. The van der Waals surface area contributed by atoms with Crippen molar-refractivity contribution in [3.8, 4) is 0 Å². The van der Waals surface area contributed by atoms with Crippen molar-refractivity contribution >= 4 is 5.97 Å². The zero-order valence-corrected chi connectivity index (χ0v) is 11.1. The summed E-state index contributed by atoms with van der Waals surface area (Å²) in [5.74, 6) is -0.713. The fourth-order valence-electron chi connectivity index (χ4n) is 4.15. The molecule has 0 radical (unpaired) electrons. The third-order valence-electron chi connectivity index (χ3n) is 5.44. The van der Waals surface area contributed by atoms with Crippen LogP contribution in [-0.4, -0.2) is 34.5 Å². The minimum absolute atomic E-state index is 0.150. The molecule has 2 aliphatic carbocycles. The van der Waals surface area contributed by atoms with Gasteiger partial charge >= 0.3 is 5.97 Å². The first-order valence-corrected chi connectivity index (χ1v) is 6.81. The van der Waals surface area contributed by atoms with E-state index in [9.17, 15) is 15.0 Å². The number of rotatable bonds is 0. The average molecular weight is 264 g/mol. The van der Waals surface area contributed by atoms with E-state index in [-0.39, 0.29) is 23.9 Å². The zero-order chi connectivity index (χ0) is 13.9. The minimum atomic E-state index is -0.679. The fraction of sp³-hybridized carbons (Fsp3) is 0.667. The molecule has 19 heavy (non-hydrogen) atoms. The fourth-order valence-corrected chi connectivity index (χ4v) is 4.15. The van der Waals surface area contributed by atoms with E-state index in [4.69, 9.17) is 4.74 Å². The summed E-state index contributed by atoms with van der Waals surface area (Å²) >= 11 is 0. The number of aliphatic hydroxyl groups is 2. The van der Waals surface area contributed by atoms with Crippen LogP contribution in [-0.2, 0) is 9.53 Å². The van der Waals surface area contributed by atoms with Gasteiger partial charge in [-0.15, -0.1) is 0 Å². The lowest BCUT2D eigenvalue weighted by Gasteiger charge is -2.54. The smallest absolute Gasteiger partial charge is 0.334 e. The largest absolute Gasteiger partial charge is 0.458 e. The van der Waals surface area contributed by atoms with E-state index in [0.29, 0.717) is 24.8 Å². The number of carbonyl (C=O) groups is 1. The van der Waals surface area contributed by atoms with Crippen molar-refractivity contribution in [1.82, 2.24) is 0 Å². The molecule has 0 aromatic carbocycles. The van der Waals surface area contributed by atoms with Crippen LogP contribution in [0.25, 0.3) is 0 Å². The number of esters is 1. The molecule has 4 heteroatoms. The molecule has 2 N–H and O–H groups in total. The predicted molar refractivity (Wildman–Crippen MR) is 69.1 cm³/mol. The third kappa shape index (κ3) is 1.50. The average Bonchev–Trinajstić information content (AvgIpc) is 2.62. The van der Waals surface area contributed by atoms with Gasteiger partial charge in [-0.25, -0.2) is 4.79 Å². The van der Waals surface area contributed by atoms with E-state index in [1.165, 1.54) is 0 Å². The van der Waals surface area contributed by atoms with Crippen LogP contribution >= 0.6 is 0 Å². The van der Waals surface area contributed by atoms with Gasteiger partial charge in [0.1, 0.15) is 6.10 Å². The summed E-state index contributed by atoms with van der Waals surface area (Å²) in [6.07, 6.45) is 0.155. The summed E-state index contributed by atoms with van der Waals surface area (Å²) in [7, 11) is 0. The molecule has 0 aromatic rings. The molecule has 1 aliphatic heterocycles. The van der Waals surface area contributed by atoms with Gasteiger partial charge in [-0.05, 0) is 19.3 Å². The number of hydrogen-bond donors (Lipinski definition) is 2. The first-order chi connectivity index (χ1) is 8.87. The lowest BCUT2D eigenvalue weighted by atomic mass is 9.53. The van der Waals surface area contributed by atoms with Crippen molar-refractivity contribution in [2.45, 2.75) is 44.5 Å². The summed E-state index contributed by atoms with van der Waals surface area (Å²) in [4.78, 5) is 11.7. The molecule has 0 spiro atoms. The topological polar surface area (TPSA) is 66.8 Å².